The summed E-state index contributed by atoms with van der Waals surface area (Å²) < 4.78 is 26.4. The second-order valence-electron chi connectivity index (χ2n) is 4.37. The van der Waals surface area contributed by atoms with Crippen molar-refractivity contribution in [2.45, 2.75) is 37.1 Å². The second kappa shape index (κ2) is 4.62. The normalized spacial score (nSPS) is 22.5. The molecule has 1 aromatic heterocycles. The summed E-state index contributed by atoms with van der Waals surface area (Å²) in [5.74, 6) is 0. The molecule has 1 aromatic rings. The number of pyridine rings is 1. The van der Waals surface area contributed by atoms with Crippen LogP contribution in [0, 0.1) is 0 Å². The first-order valence-electron chi connectivity index (χ1n) is 5.75. The summed E-state index contributed by atoms with van der Waals surface area (Å²) in [6.07, 6.45) is 5.71. The zero-order chi connectivity index (χ0) is 12.5. The number of nitrogens with zero attached hydrogens (tertiary/aromatic N) is 2. The Hall–Kier alpha value is -1.14. The van der Waals surface area contributed by atoms with E-state index in [0.717, 1.165) is 19.3 Å². The zero-order valence-electron chi connectivity index (χ0n) is 9.83. The first-order chi connectivity index (χ1) is 8.03. The molecule has 17 heavy (non-hydrogen) atoms. The monoisotopic (exact) mass is 255 g/mol. The first-order valence-corrected chi connectivity index (χ1v) is 7.19. The average molecular weight is 255 g/mol. The molecule has 1 saturated heterocycles. The Morgan fingerprint density at radius 1 is 1.47 bits per heavy atom. The maximum atomic E-state index is 12.4. The smallest absolute Gasteiger partial charge is 0.246 e. The van der Waals surface area contributed by atoms with Crippen LogP contribution in [0.2, 0.25) is 0 Å². The number of piperidine rings is 1. The van der Waals surface area contributed by atoms with E-state index in [1.807, 2.05) is 6.92 Å². The molecule has 2 heterocycles. The molecule has 2 N–H and O–H groups in total. The van der Waals surface area contributed by atoms with Crippen LogP contribution in [0.1, 0.15) is 26.2 Å². The largest absolute Gasteiger partial charge is 0.398 e. The second-order valence-corrected chi connectivity index (χ2v) is 6.23. The van der Waals surface area contributed by atoms with Gasteiger partial charge in [-0.1, -0.05) is 6.42 Å². The summed E-state index contributed by atoms with van der Waals surface area (Å²) >= 11 is 0. The molecule has 0 aliphatic carbocycles. The van der Waals surface area contributed by atoms with Gasteiger partial charge in [-0.2, -0.15) is 4.31 Å². The number of nitrogens with two attached hydrogens (primary N) is 1. The maximum Gasteiger partial charge on any atom is 0.246 e. The molecule has 1 unspecified atom stereocenters. The minimum atomic E-state index is -3.50. The molecular formula is C11H17N3O2S. The first kappa shape index (κ1) is 12.3. The van der Waals surface area contributed by atoms with Crippen LogP contribution in [-0.2, 0) is 10.0 Å². The van der Waals surface area contributed by atoms with Crippen molar-refractivity contribution in [1.82, 2.24) is 9.29 Å². The van der Waals surface area contributed by atoms with Gasteiger partial charge in [-0.3, -0.25) is 4.98 Å². The summed E-state index contributed by atoms with van der Waals surface area (Å²) in [4.78, 5) is 3.97. The molecule has 0 radical (unpaired) electrons. The Morgan fingerprint density at radius 3 is 2.88 bits per heavy atom. The Labute approximate surface area is 102 Å². The molecule has 1 fully saturated rings. The quantitative estimate of drug-likeness (QED) is 0.862. The molecule has 5 nitrogen and oxygen atoms in total. The van der Waals surface area contributed by atoms with E-state index in [2.05, 4.69) is 4.98 Å². The molecule has 0 saturated carbocycles. The van der Waals surface area contributed by atoms with Crippen LogP contribution >= 0.6 is 0 Å². The molecule has 1 aliphatic rings. The Balaban J connectivity index is 2.39. The molecule has 0 amide bonds. The van der Waals surface area contributed by atoms with Crippen molar-refractivity contribution in [3.63, 3.8) is 0 Å². The van der Waals surface area contributed by atoms with Gasteiger partial charge < -0.3 is 5.73 Å². The van der Waals surface area contributed by atoms with Crippen LogP contribution in [-0.4, -0.2) is 30.3 Å². The number of hydrogen-bond donors (Lipinski definition) is 1. The number of rotatable bonds is 2. The highest BCUT2D eigenvalue weighted by Crippen LogP contribution is 2.27. The van der Waals surface area contributed by atoms with Crippen LogP contribution in [0.3, 0.4) is 0 Å². The number of anilines is 1. The molecule has 1 atom stereocenters. The number of aromatic nitrogens is 1. The Kier molecular flexibility index (Phi) is 3.35. The predicted molar refractivity (Wildman–Crippen MR) is 65.9 cm³/mol. The van der Waals surface area contributed by atoms with Crippen molar-refractivity contribution in [3.8, 4) is 0 Å². The van der Waals surface area contributed by atoms with Gasteiger partial charge in [0.25, 0.3) is 0 Å². The molecule has 6 heteroatoms. The fraction of sp³-hybridized carbons (Fsp3) is 0.545. The number of nitrogen functional groups attached to an aromatic ring is 1. The van der Waals surface area contributed by atoms with Gasteiger partial charge in [0.15, 0.2) is 0 Å². The number of sulfonamides is 1. The van der Waals surface area contributed by atoms with E-state index >= 15 is 0 Å². The number of hydrogen-bond acceptors (Lipinski definition) is 4. The summed E-state index contributed by atoms with van der Waals surface area (Å²) in [7, 11) is -3.50. The van der Waals surface area contributed by atoms with Gasteiger partial charge in [-0.15, -0.1) is 0 Å². The van der Waals surface area contributed by atoms with Gasteiger partial charge in [0.2, 0.25) is 10.0 Å². The van der Waals surface area contributed by atoms with Gasteiger partial charge >= 0.3 is 0 Å². The van der Waals surface area contributed by atoms with E-state index in [1.54, 1.807) is 0 Å². The Bertz CT molecular complexity index is 501. The maximum absolute atomic E-state index is 12.4. The molecule has 0 spiro atoms. The SMILES string of the molecule is CC1CCCCN1S(=O)(=O)c1cnccc1N. The third kappa shape index (κ3) is 2.28. The van der Waals surface area contributed by atoms with Crippen LogP contribution in [0.5, 0.6) is 0 Å². The standard InChI is InChI=1S/C11H17N3O2S/c1-9-4-2-3-7-14(9)17(15,16)11-8-13-6-5-10(11)12/h5-6,8-9H,2-4,7H2,1H3,(H2,12,13). The minimum absolute atomic E-state index is 0.0355. The van der Waals surface area contributed by atoms with Crippen LogP contribution in [0.4, 0.5) is 5.69 Å². The Morgan fingerprint density at radius 2 is 2.24 bits per heavy atom. The van der Waals surface area contributed by atoms with Gasteiger partial charge in [0, 0.05) is 25.0 Å². The highest BCUT2D eigenvalue weighted by atomic mass is 32.2. The highest BCUT2D eigenvalue weighted by molar-refractivity contribution is 7.89. The van der Waals surface area contributed by atoms with Gasteiger partial charge in [0.1, 0.15) is 4.90 Å². The molecule has 2 rings (SSSR count). The van der Waals surface area contributed by atoms with E-state index in [-0.39, 0.29) is 16.6 Å². The topological polar surface area (TPSA) is 76.3 Å². The van der Waals surface area contributed by atoms with Crippen molar-refractivity contribution in [2.75, 3.05) is 12.3 Å². The summed E-state index contributed by atoms with van der Waals surface area (Å²) in [5, 5.41) is 0. The fourth-order valence-electron chi connectivity index (χ4n) is 2.16. The predicted octanol–water partition coefficient (Wildman–Crippen LogP) is 1.23. The lowest BCUT2D eigenvalue weighted by atomic mass is 10.1. The lowest BCUT2D eigenvalue weighted by molar-refractivity contribution is 0.269. The van der Waals surface area contributed by atoms with E-state index in [0.29, 0.717) is 6.54 Å². The van der Waals surface area contributed by atoms with Crippen molar-refractivity contribution in [1.29, 1.82) is 0 Å². The van der Waals surface area contributed by atoms with Crippen molar-refractivity contribution >= 4 is 15.7 Å². The molecule has 94 valence electrons. The van der Waals surface area contributed by atoms with Gasteiger partial charge in [-0.05, 0) is 25.8 Å². The summed E-state index contributed by atoms with van der Waals surface area (Å²) in [5.41, 5.74) is 5.97. The zero-order valence-corrected chi connectivity index (χ0v) is 10.7. The lowest BCUT2D eigenvalue weighted by Crippen LogP contribution is -2.42. The van der Waals surface area contributed by atoms with Crippen molar-refractivity contribution in [3.05, 3.63) is 18.5 Å². The lowest BCUT2D eigenvalue weighted by Gasteiger charge is -2.32. The van der Waals surface area contributed by atoms with Gasteiger partial charge in [-0.25, -0.2) is 8.42 Å². The summed E-state index contributed by atoms with van der Waals surface area (Å²) in [6, 6.07) is 1.55. The fourth-order valence-corrected chi connectivity index (χ4v) is 3.92. The van der Waals surface area contributed by atoms with E-state index in [9.17, 15) is 8.42 Å². The van der Waals surface area contributed by atoms with Crippen LogP contribution in [0.15, 0.2) is 23.4 Å². The molecular weight excluding hydrogens is 238 g/mol. The molecule has 1 aliphatic heterocycles. The summed E-state index contributed by atoms with van der Waals surface area (Å²) in [6.45, 7) is 2.50. The average Bonchev–Trinajstić information content (AvgIpc) is 2.29. The minimum Gasteiger partial charge on any atom is -0.398 e. The van der Waals surface area contributed by atoms with E-state index < -0.39 is 10.0 Å². The molecule has 0 bridgehead atoms. The molecule has 0 aromatic carbocycles. The van der Waals surface area contributed by atoms with Crippen LogP contribution < -0.4 is 5.73 Å². The third-order valence-corrected chi connectivity index (χ3v) is 5.20. The van der Waals surface area contributed by atoms with Crippen molar-refractivity contribution < 1.29 is 8.42 Å². The van der Waals surface area contributed by atoms with E-state index in [1.165, 1.54) is 22.8 Å². The van der Waals surface area contributed by atoms with E-state index in [4.69, 9.17) is 5.73 Å². The van der Waals surface area contributed by atoms with Gasteiger partial charge in [0.05, 0.1) is 5.69 Å². The third-order valence-electron chi connectivity index (χ3n) is 3.15. The highest BCUT2D eigenvalue weighted by Gasteiger charge is 2.32. The van der Waals surface area contributed by atoms with Crippen LogP contribution in [0.25, 0.3) is 0 Å². The van der Waals surface area contributed by atoms with Crippen molar-refractivity contribution in [2.24, 2.45) is 0 Å².